The van der Waals surface area contributed by atoms with E-state index in [1.54, 1.807) is 6.92 Å². The molecule has 0 radical (unpaired) electrons. The lowest BCUT2D eigenvalue weighted by molar-refractivity contribution is 0.187. The lowest BCUT2D eigenvalue weighted by Gasteiger charge is -2.22. The molecule has 1 rings (SSSR count). The number of nitrogens with one attached hydrogen (secondary N) is 2. The summed E-state index contributed by atoms with van der Waals surface area (Å²) in [6, 6.07) is 1.86. The summed E-state index contributed by atoms with van der Waals surface area (Å²) in [6.45, 7) is 4.82. The van der Waals surface area contributed by atoms with Gasteiger partial charge in [-0.3, -0.25) is 0 Å². The van der Waals surface area contributed by atoms with E-state index in [1.807, 2.05) is 6.92 Å². The molecule has 2 amide bonds. The number of carbonyl (C=O) groups is 1. The van der Waals surface area contributed by atoms with E-state index in [1.165, 1.54) is 0 Å². The second-order valence-electron chi connectivity index (χ2n) is 3.96. The summed E-state index contributed by atoms with van der Waals surface area (Å²) >= 11 is 0. The zero-order valence-corrected chi connectivity index (χ0v) is 9.17. The molecule has 2 atom stereocenters. The molecule has 1 saturated heterocycles. The second-order valence-corrected chi connectivity index (χ2v) is 3.96. The fraction of sp³-hybridized carbons (Fsp3) is 0.800. The zero-order chi connectivity index (χ0) is 11.3. The Hall–Kier alpha value is -1.28. The average Bonchev–Trinajstić information content (AvgIpc) is 2.70. The number of carbonyl (C=O) groups excluding carboxylic acids is 1. The van der Waals surface area contributed by atoms with Crippen molar-refractivity contribution in [3.8, 4) is 6.07 Å². The molecule has 0 saturated carbocycles. The average molecular weight is 211 g/mol. The molecule has 0 bridgehead atoms. The van der Waals surface area contributed by atoms with Gasteiger partial charge in [-0.05, 0) is 19.8 Å². The van der Waals surface area contributed by atoms with Crippen molar-refractivity contribution in [2.45, 2.75) is 38.3 Å². The van der Waals surface area contributed by atoms with Gasteiger partial charge in [-0.15, -0.1) is 0 Å². The SMILES string of the molecule is CCC(C)(C#N)NC(=O)NC1CCOC1. The van der Waals surface area contributed by atoms with E-state index in [4.69, 9.17) is 10.00 Å². The normalized spacial score (nSPS) is 23.9. The largest absolute Gasteiger partial charge is 0.379 e. The van der Waals surface area contributed by atoms with Gasteiger partial charge in [0.1, 0.15) is 5.54 Å². The fourth-order valence-corrected chi connectivity index (χ4v) is 1.32. The van der Waals surface area contributed by atoms with Crippen molar-refractivity contribution in [3.63, 3.8) is 0 Å². The first kappa shape index (κ1) is 11.8. The Morgan fingerprint density at radius 2 is 2.47 bits per heavy atom. The minimum Gasteiger partial charge on any atom is -0.379 e. The maximum atomic E-state index is 11.5. The smallest absolute Gasteiger partial charge is 0.316 e. The second kappa shape index (κ2) is 4.99. The first-order valence-corrected chi connectivity index (χ1v) is 5.17. The molecule has 1 fully saturated rings. The highest BCUT2D eigenvalue weighted by molar-refractivity contribution is 5.75. The van der Waals surface area contributed by atoms with Crippen molar-refractivity contribution in [1.29, 1.82) is 5.26 Å². The summed E-state index contributed by atoms with van der Waals surface area (Å²) < 4.78 is 5.13. The van der Waals surface area contributed by atoms with E-state index in [2.05, 4.69) is 16.7 Å². The van der Waals surface area contributed by atoms with Crippen LogP contribution in [0.4, 0.5) is 4.79 Å². The van der Waals surface area contributed by atoms with Crippen LogP contribution in [0.15, 0.2) is 0 Å². The molecule has 1 heterocycles. The molecule has 15 heavy (non-hydrogen) atoms. The van der Waals surface area contributed by atoms with Crippen molar-refractivity contribution in [1.82, 2.24) is 10.6 Å². The number of amides is 2. The number of hydrogen-bond acceptors (Lipinski definition) is 3. The third-order valence-corrected chi connectivity index (χ3v) is 2.61. The summed E-state index contributed by atoms with van der Waals surface area (Å²) in [4.78, 5) is 11.5. The quantitative estimate of drug-likeness (QED) is 0.724. The molecule has 0 aromatic rings. The van der Waals surface area contributed by atoms with Crippen LogP contribution in [0.25, 0.3) is 0 Å². The summed E-state index contributed by atoms with van der Waals surface area (Å²) in [7, 11) is 0. The molecular weight excluding hydrogens is 194 g/mol. The molecule has 84 valence electrons. The maximum Gasteiger partial charge on any atom is 0.316 e. The predicted molar refractivity (Wildman–Crippen MR) is 55.2 cm³/mol. The Bertz CT molecular complexity index is 268. The van der Waals surface area contributed by atoms with Crippen LogP contribution in [0.5, 0.6) is 0 Å². The Balaban J connectivity index is 2.38. The number of ether oxygens (including phenoxy) is 1. The van der Waals surface area contributed by atoms with Crippen LogP contribution in [0, 0.1) is 11.3 Å². The van der Waals surface area contributed by atoms with Crippen LogP contribution in [0.1, 0.15) is 26.7 Å². The number of hydrogen-bond donors (Lipinski definition) is 2. The minimum atomic E-state index is -0.788. The third kappa shape index (κ3) is 3.40. The monoisotopic (exact) mass is 211 g/mol. The highest BCUT2D eigenvalue weighted by Crippen LogP contribution is 2.07. The van der Waals surface area contributed by atoms with E-state index in [0.717, 1.165) is 6.42 Å². The number of nitriles is 1. The van der Waals surface area contributed by atoms with Crippen molar-refractivity contribution >= 4 is 6.03 Å². The Morgan fingerprint density at radius 3 is 2.93 bits per heavy atom. The fourth-order valence-electron chi connectivity index (χ4n) is 1.32. The van der Waals surface area contributed by atoms with Crippen LogP contribution in [-0.4, -0.2) is 30.8 Å². The van der Waals surface area contributed by atoms with Gasteiger partial charge in [-0.2, -0.15) is 5.26 Å². The molecule has 2 unspecified atom stereocenters. The first-order valence-electron chi connectivity index (χ1n) is 5.17. The molecule has 5 nitrogen and oxygen atoms in total. The molecule has 1 aliphatic rings. The van der Waals surface area contributed by atoms with Gasteiger partial charge in [-0.25, -0.2) is 4.79 Å². The lowest BCUT2D eigenvalue weighted by Crippen LogP contribution is -2.51. The van der Waals surface area contributed by atoms with E-state index < -0.39 is 5.54 Å². The summed E-state index contributed by atoms with van der Waals surface area (Å²) in [5.74, 6) is 0. The minimum absolute atomic E-state index is 0.0739. The summed E-state index contributed by atoms with van der Waals surface area (Å²) in [6.07, 6.45) is 1.42. The van der Waals surface area contributed by atoms with Crippen LogP contribution >= 0.6 is 0 Å². The van der Waals surface area contributed by atoms with Crippen LogP contribution in [0.2, 0.25) is 0 Å². The molecule has 0 aliphatic carbocycles. The Morgan fingerprint density at radius 1 is 1.73 bits per heavy atom. The van der Waals surface area contributed by atoms with E-state index >= 15 is 0 Å². The number of nitrogens with zero attached hydrogens (tertiary/aromatic N) is 1. The third-order valence-electron chi connectivity index (χ3n) is 2.61. The zero-order valence-electron chi connectivity index (χ0n) is 9.17. The van der Waals surface area contributed by atoms with Gasteiger partial charge in [0, 0.05) is 6.61 Å². The van der Waals surface area contributed by atoms with Gasteiger partial charge in [0.25, 0.3) is 0 Å². The Kier molecular flexibility index (Phi) is 3.92. The van der Waals surface area contributed by atoms with Gasteiger partial charge in [-0.1, -0.05) is 6.92 Å². The van der Waals surface area contributed by atoms with Crippen LogP contribution < -0.4 is 10.6 Å². The maximum absolute atomic E-state index is 11.5. The lowest BCUT2D eigenvalue weighted by atomic mass is 10.0. The van der Waals surface area contributed by atoms with Crippen LogP contribution in [-0.2, 0) is 4.74 Å². The Labute approximate surface area is 89.8 Å². The number of urea groups is 1. The molecule has 5 heteroatoms. The summed E-state index contributed by atoms with van der Waals surface area (Å²) in [5, 5.41) is 14.3. The topological polar surface area (TPSA) is 74.2 Å². The highest BCUT2D eigenvalue weighted by atomic mass is 16.5. The van der Waals surface area contributed by atoms with Crippen molar-refractivity contribution < 1.29 is 9.53 Å². The van der Waals surface area contributed by atoms with Gasteiger partial charge in [0.2, 0.25) is 0 Å². The molecule has 0 spiro atoms. The van der Waals surface area contributed by atoms with Crippen molar-refractivity contribution in [2.24, 2.45) is 0 Å². The van der Waals surface area contributed by atoms with Crippen molar-refractivity contribution in [2.75, 3.05) is 13.2 Å². The van der Waals surface area contributed by atoms with Gasteiger partial charge >= 0.3 is 6.03 Å². The van der Waals surface area contributed by atoms with Gasteiger partial charge < -0.3 is 15.4 Å². The highest BCUT2D eigenvalue weighted by Gasteiger charge is 2.25. The first-order chi connectivity index (χ1) is 7.09. The standard InChI is InChI=1S/C10H17N3O2/c1-3-10(2,7-11)13-9(14)12-8-4-5-15-6-8/h8H,3-6H2,1-2H3,(H2,12,13,14). The van der Waals surface area contributed by atoms with Crippen LogP contribution in [0.3, 0.4) is 0 Å². The number of rotatable bonds is 3. The van der Waals surface area contributed by atoms with Gasteiger partial charge in [0.15, 0.2) is 0 Å². The van der Waals surface area contributed by atoms with E-state index in [-0.39, 0.29) is 12.1 Å². The molecule has 1 aliphatic heterocycles. The van der Waals surface area contributed by atoms with Gasteiger partial charge in [0.05, 0.1) is 18.7 Å². The molecule has 0 aromatic carbocycles. The molecular formula is C10H17N3O2. The molecule has 0 aromatic heterocycles. The molecule has 2 N–H and O–H groups in total. The van der Waals surface area contributed by atoms with Crippen molar-refractivity contribution in [3.05, 3.63) is 0 Å². The summed E-state index contributed by atoms with van der Waals surface area (Å²) in [5.41, 5.74) is -0.788. The van der Waals surface area contributed by atoms with E-state index in [9.17, 15) is 4.79 Å². The predicted octanol–water partition coefficient (Wildman–Crippen LogP) is 0.767. The van der Waals surface area contributed by atoms with E-state index in [0.29, 0.717) is 19.6 Å².